The number of methoxy groups -OCH3 is 1. The first-order valence-electron chi connectivity index (χ1n) is 19.6. The van der Waals surface area contributed by atoms with Gasteiger partial charge in [-0.15, -0.1) is 9.46 Å². The van der Waals surface area contributed by atoms with E-state index < -0.39 is 27.0 Å². The van der Waals surface area contributed by atoms with Crippen LogP contribution < -0.4 is 24.8 Å². The second-order valence-corrected chi connectivity index (χ2v) is 19.4. The van der Waals surface area contributed by atoms with E-state index in [-0.39, 0.29) is 46.2 Å². The Labute approximate surface area is 330 Å². The van der Waals surface area contributed by atoms with Gasteiger partial charge in [0.2, 0.25) is 5.88 Å². The summed E-state index contributed by atoms with van der Waals surface area (Å²) in [4.78, 5) is 30.4. The summed E-state index contributed by atoms with van der Waals surface area (Å²) in [7, 11) is -0.614. The molecule has 1 spiro atoms. The molecule has 3 N–H and O–H groups in total. The van der Waals surface area contributed by atoms with Crippen molar-refractivity contribution in [3.63, 3.8) is 0 Å². The molecule has 13 heteroatoms. The molecule has 7 rings (SSSR count). The summed E-state index contributed by atoms with van der Waals surface area (Å²) in [6, 6.07) is 11.6. The average molecular weight is 791 g/mol. The van der Waals surface area contributed by atoms with Crippen LogP contribution in [0, 0.1) is 29.6 Å². The molecule has 2 aliphatic carbocycles. The van der Waals surface area contributed by atoms with Gasteiger partial charge in [0.1, 0.15) is 21.2 Å². The maximum absolute atomic E-state index is 15.0. The molecule has 8 unspecified atom stereocenters. The van der Waals surface area contributed by atoms with Crippen LogP contribution in [-0.2, 0) is 28.8 Å². The van der Waals surface area contributed by atoms with Gasteiger partial charge in [0.05, 0.1) is 24.7 Å². The molecule has 11 nitrogen and oxygen atoms in total. The minimum atomic E-state index is -3.69. The number of carbonyl (C=O) groups excluding carboxylic acids is 2. The van der Waals surface area contributed by atoms with Crippen LogP contribution in [0.4, 0.5) is 5.69 Å². The summed E-state index contributed by atoms with van der Waals surface area (Å²) in [5, 5.41) is 4.22. The van der Waals surface area contributed by atoms with Gasteiger partial charge in [-0.1, -0.05) is 50.6 Å². The fourth-order valence-electron chi connectivity index (χ4n) is 9.15. The normalized spacial score (nSPS) is 30.5. The molecule has 296 valence electrons. The Balaban J connectivity index is 1.35. The lowest BCUT2D eigenvalue weighted by molar-refractivity contribution is 0.0979. The first-order valence-corrected chi connectivity index (χ1v) is 21.6. The Kier molecular flexibility index (Phi) is 11.2. The number of aromatic nitrogens is 2. The number of halogens is 1. The van der Waals surface area contributed by atoms with E-state index in [1.807, 2.05) is 25.1 Å². The van der Waals surface area contributed by atoms with Gasteiger partial charge in [0.15, 0.2) is 0 Å². The Hall–Kier alpha value is -3.87. The number of hydrogen-bond donors (Lipinski definition) is 2. The molecule has 8 atom stereocenters. The molecule has 2 aromatic carbocycles. The zero-order valence-corrected chi connectivity index (χ0v) is 34.4. The zero-order chi connectivity index (χ0) is 39.2. The molecule has 0 radical (unpaired) electrons. The second-order valence-electron chi connectivity index (χ2n) is 16.7. The van der Waals surface area contributed by atoms with Crippen LogP contribution in [0.1, 0.15) is 91.6 Å². The molecule has 0 saturated heterocycles. The topological polar surface area (TPSA) is 141 Å². The van der Waals surface area contributed by atoms with Crippen LogP contribution in [0.5, 0.6) is 11.6 Å². The molecule has 1 aromatic heterocycles. The molecule has 2 amide bonds. The molecular weight excluding hydrogens is 736 g/mol. The average Bonchev–Trinajstić information content (AvgIpc) is 3.46. The number of anilines is 1. The van der Waals surface area contributed by atoms with Crippen molar-refractivity contribution in [2.24, 2.45) is 46.7 Å². The van der Waals surface area contributed by atoms with Crippen molar-refractivity contribution in [1.82, 2.24) is 14.5 Å². The van der Waals surface area contributed by atoms with Crippen molar-refractivity contribution in [2.75, 3.05) is 31.7 Å². The van der Waals surface area contributed by atoms with Crippen molar-refractivity contribution >= 4 is 39.0 Å². The summed E-state index contributed by atoms with van der Waals surface area (Å²) in [6.07, 6.45) is 11.6. The molecule has 55 heavy (non-hydrogen) atoms. The summed E-state index contributed by atoms with van der Waals surface area (Å²) >= 11 is 6.50. The first kappa shape index (κ1) is 39.4. The monoisotopic (exact) mass is 790 g/mol. The van der Waals surface area contributed by atoms with Gasteiger partial charge in [-0.05, 0) is 116 Å². The number of amides is 2. The third-order valence-electron chi connectivity index (χ3n) is 12.8. The van der Waals surface area contributed by atoms with Gasteiger partial charge in [-0.25, -0.2) is 4.21 Å². The van der Waals surface area contributed by atoms with Gasteiger partial charge in [-0.2, -0.15) is 0 Å². The molecule has 1 saturated carbocycles. The summed E-state index contributed by atoms with van der Waals surface area (Å²) in [5.74, 6) is 0.423. The minimum Gasteiger partial charge on any atom is -0.490 e. The van der Waals surface area contributed by atoms with E-state index in [2.05, 4.69) is 57.2 Å². The Bertz CT molecular complexity index is 2110. The molecule has 2 bridgehead atoms. The van der Waals surface area contributed by atoms with Crippen LogP contribution in [0.2, 0.25) is 5.02 Å². The molecule has 3 heterocycles. The molecule has 1 fully saturated rings. The number of aryl methyl sites for hydroxylation is 2. The number of fused-ring (bicyclic) bond motifs is 4. The third kappa shape index (κ3) is 7.66. The smallest absolute Gasteiger partial charge is 0.286 e. The SMILES string of the molecule is COc1nn(C)cc1C(=O)NS1(=O)=NC(=O)c2ccc3c(c2)N(CC2CCC2C(C(N)C(C)C)/C=C/CC(C)C1C)CC1(CCCc2cc(Cl)ccc21)CO3. The maximum atomic E-state index is 15.0. The Morgan fingerprint density at radius 3 is 2.71 bits per heavy atom. The van der Waals surface area contributed by atoms with Gasteiger partial charge < -0.3 is 20.1 Å². The molecule has 3 aromatic rings. The van der Waals surface area contributed by atoms with Crippen LogP contribution in [0.3, 0.4) is 0 Å². The first-order chi connectivity index (χ1) is 26.2. The minimum absolute atomic E-state index is 0.0334. The van der Waals surface area contributed by atoms with Gasteiger partial charge in [0.25, 0.3) is 11.8 Å². The van der Waals surface area contributed by atoms with Crippen LogP contribution >= 0.6 is 11.6 Å². The Morgan fingerprint density at radius 1 is 1.18 bits per heavy atom. The summed E-state index contributed by atoms with van der Waals surface area (Å²) in [6.45, 7) is 10.1. The molecular formula is C42H55ClN6O5S. The van der Waals surface area contributed by atoms with Crippen LogP contribution in [0.25, 0.3) is 0 Å². The quantitative estimate of drug-likeness (QED) is 0.261. The number of ether oxygens (including phenoxy) is 2. The predicted octanol–water partition coefficient (Wildman–Crippen LogP) is 7.12. The van der Waals surface area contributed by atoms with Gasteiger partial charge in [-0.3, -0.25) is 19.0 Å². The van der Waals surface area contributed by atoms with Gasteiger partial charge >= 0.3 is 0 Å². The molecule has 2 aliphatic heterocycles. The number of benzene rings is 2. The van der Waals surface area contributed by atoms with Crippen molar-refractivity contribution in [3.05, 3.63) is 82.0 Å². The van der Waals surface area contributed by atoms with E-state index in [4.69, 9.17) is 26.8 Å². The lowest BCUT2D eigenvalue weighted by Gasteiger charge is -2.47. The number of carbonyl (C=O) groups is 2. The number of rotatable bonds is 5. The highest BCUT2D eigenvalue weighted by Gasteiger charge is 2.45. The molecule has 4 aliphatic rings. The fraction of sp³-hybridized carbons (Fsp3) is 0.548. The van der Waals surface area contributed by atoms with Crippen LogP contribution in [0.15, 0.2) is 59.1 Å². The van der Waals surface area contributed by atoms with Crippen molar-refractivity contribution in [2.45, 2.75) is 82.9 Å². The van der Waals surface area contributed by atoms with E-state index in [1.165, 1.54) is 29.1 Å². The van der Waals surface area contributed by atoms with E-state index in [9.17, 15) is 9.59 Å². The maximum Gasteiger partial charge on any atom is 0.286 e. The van der Waals surface area contributed by atoms with E-state index >= 15 is 4.21 Å². The lowest BCUT2D eigenvalue weighted by atomic mass is 9.63. The predicted molar refractivity (Wildman–Crippen MR) is 217 cm³/mol. The Morgan fingerprint density at radius 2 is 1.98 bits per heavy atom. The highest BCUT2D eigenvalue weighted by Crippen LogP contribution is 2.48. The standard InChI is InChI=1S/C42H55ClN6O5S/c1-25(2)38(44)33-11-7-9-26(3)27(4)55(52,47-40(51)34-22-48(5)45-41(34)53-6)46-39(50)29-13-17-37-36(20-29)49(21-30-12-15-32(30)33)23-42(24-54-37)18-8-10-28-19-31(43)14-16-35(28)42/h7,11,13-14,16-17,19-20,22,25-27,30,32-33,38H,8-10,12,15,18,21,23-24,44H2,1-6H3,(H,46,47,50,51,52)/b11-7+. The van der Waals surface area contributed by atoms with Crippen molar-refractivity contribution < 1.29 is 23.3 Å². The van der Waals surface area contributed by atoms with E-state index in [0.717, 1.165) is 49.4 Å². The number of hydrogen-bond acceptors (Lipinski definition) is 8. The van der Waals surface area contributed by atoms with Crippen molar-refractivity contribution in [1.29, 1.82) is 0 Å². The van der Waals surface area contributed by atoms with Crippen molar-refractivity contribution in [3.8, 4) is 11.6 Å². The number of nitrogens with one attached hydrogen (secondary N) is 1. The summed E-state index contributed by atoms with van der Waals surface area (Å²) < 4.78 is 35.6. The van der Waals surface area contributed by atoms with Gasteiger partial charge in [0, 0.05) is 48.4 Å². The number of allylic oxidation sites excluding steroid dienone is 1. The van der Waals surface area contributed by atoms with Crippen LogP contribution in [-0.4, -0.2) is 63.9 Å². The third-order valence-corrected chi connectivity index (χ3v) is 15.4. The number of nitrogens with two attached hydrogens (primary N) is 1. The second kappa shape index (κ2) is 15.6. The lowest BCUT2D eigenvalue weighted by Crippen LogP contribution is -2.51. The zero-order valence-electron chi connectivity index (χ0n) is 32.8. The fourth-order valence-corrected chi connectivity index (χ4v) is 11.2. The highest BCUT2D eigenvalue weighted by atomic mass is 35.5. The van der Waals surface area contributed by atoms with E-state index in [0.29, 0.717) is 37.2 Å². The highest BCUT2D eigenvalue weighted by molar-refractivity contribution is 7.93. The summed E-state index contributed by atoms with van der Waals surface area (Å²) in [5.41, 5.74) is 10.4. The van der Waals surface area contributed by atoms with E-state index in [1.54, 1.807) is 20.0 Å². The number of nitrogens with zero attached hydrogens (tertiary/aromatic N) is 4. The largest absolute Gasteiger partial charge is 0.490 e.